The third-order valence-corrected chi connectivity index (χ3v) is 2.35. The van der Waals surface area contributed by atoms with Crippen LogP contribution in [0, 0.1) is 0 Å². The summed E-state index contributed by atoms with van der Waals surface area (Å²) in [5, 5.41) is 11.0. The van der Waals surface area contributed by atoms with Crippen LogP contribution in [0.25, 0.3) is 11.7 Å². The number of hydrogen-bond acceptors (Lipinski definition) is 8. The molecule has 0 aliphatic rings. The Morgan fingerprint density at radius 1 is 1.24 bits per heavy atom. The van der Waals surface area contributed by atoms with Crippen LogP contribution < -0.4 is 5.73 Å². The molecule has 8 heteroatoms. The van der Waals surface area contributed by atoms with Gasteiger partial charge in [-0.05, 0) is 13.1 Å². The van der Waals surface area contributed by atoms with E-state index in [9.17, 15) is 0 Å². The second-order valence-corrected chi connectivity index (χ2v) is 3.42. The molecule has 0 amide bonds. The molecule has 2 rings (SSSR count). The molecule has 0 unspecified atom stereocenters. The van der Waals surface area contributed by atoms with E-state index in [1.54, 1.807) is 0 Å². The fraction of sp³-hybridized carbons (Fsp3) is 0.556. The first-order chi connectivity index (χ1) is 8.22. The van der Waals surface area contributed by atoms with Gasteiger partial charge in [-0.1, -0.05) is 24.1 Å². The Bertz CT molecular complexity index is 475. The fourth-order valence-corrected chi connectivity index (χ4v) is 1.37. The van der Waals surface area contributed by atoms with Crippen LogP contribution in [0.4, 0.5) is 6.01 Å². The number of hydrogen-bond donors (Lipinski definition) is 1. The normalized spacial score (nSPS) is 11.2. The SMILES string of the molecule is CCN(CC)Cc1nc(-c2nnc(N)o2)no1. The largest absolute Gasteiger partial charge is 0.400 e. The molecule has 2 aromatic heterocycles. The van der Waals surface area contributed by atoms with Crippen molar-refractivity contribution in [2.75, 3.05) is 18.8 Å². The summed E-state index contributed by atoms with van der Waals surface area (Å²) < 4.78 is 10.1. The Morgan fingerprint density at radius 2 is 2.00 bits per heavy atom. The maximum absolute atomic E-state index is 5.31. The predicted octanol–water partition coefficient (Wildman–Crippen LogP) is 0.544. The molecule has 17 heavy (non-hydrogen) atoms. The summed E-state index contributed by atoms with van der Waals surface area (Å²) >= 11 is 0. The maximum Gasteiger partial charge on any atom is 0.313 e. The molecule has 92 valence electrons. The van der Waals surface area contributed by atoms with E-state index in [1.807, 2.05) is 0 Å². The van der Waals surface area contributed by atoms with Crippen LogP contribution in [0.3, 0.4) is 0 Å². The van der Waals surface area contributed by atoms with Gasteiger partial charge in [-0.25, -0.2) is 0 Å². The highest BCUT2D eigenvalue weighted by Gasteiger charge is 2.15. The summed E-state index contributed by atoms with van der Waals surface area (Å²) in [6.07, 6.45) is 0. The van der Waals surface area contributed by atoms with Crippen molar-refractivity contribution in [1.29, 1.82) is 0 Å². The van der Waals surface area contributed by atoms with E-state index in [0.717, 1.165) is 13.1 Å². The van der Waals surface area contributed by atoms with Gasteiger partial charge >= 0.3 is 6.01 Å². The maximum atomic E-state index is 5.31. The van der Waals surface area contributed by atoms with Gasteiger partial charge in [0, 0.05) is 0 Å². The van der Waals surface area contributed by atoms with Crippen LogP contribution in [0.5, 0.6) is 0 Å². The van der Waals surface area contributed by atoms with Crippen molar-refractivity contribution in [3.63, 3.8) is 0 Å². The third kappa shape index (κ3) is 2.59. The van der Waals surface area contributed by atoms with Gasteiger partial charge in [-0.2, -0.15) is 4.98 Å². The summed E-state index contributed by atoms with van der Waals surface area (Å²) in [6, 6.07) is -0.0184. The number of aromatic nitrogens is 4. The lowest BCUT2D eigenvalue weighted by atomic mass is 10.4. The molecule has 2 N–H and O–H groups in total. The van der Waals surface area contributed by atoms with Crippen molar-refractivity contribution in [2.45, 2.75) is 20.4 Å². The van der Waals surface area contributed by atoms with E-state index >= 15 is 0 Å². The Kier molecular flexibility index (Phi) is 3.33. The average molecular weight is 238 g/mol. The minimum atomic E-state index is -0.0184. The number of nitrogens with two attached hydrogens (primary N) is 1. The van der Waals surface area contributed by atoms with Crippen molar-refractivity contribution >= 4 is 6.01 Å². The van der Waals surface area contributed by atoms with Gasteiger partial charge in [-0.15, -0.1) is 5.10 Å². The first-order valence-electron chi connectivity index (χ1n) is 5.37. The quantitative estimate of drug-likeness (QED) is 0.804. The molecule has 0 atom stereocenters. The molecule has 0 aromatic carbocycles. The Hall–Kier alpha value is -1.96. The second kappa shape index (κ2) is 4.91. The summed E-state index contributed by atoms with van der Waals surface area (Å²) in [6.45, 7) is 6.58. The molecule has 0 aliphatic heterocycles. The molecule has 0 bridgehead atoms. The Balaban J connectivity index is 2.10. The van der Waals surface area contributed by atoms with Crippen molar-refractivity contribution in [2.24, 2.45) is 0 Å². The smallest absolute Gasteiger partial charge is 0.313 e. The van der Waals surface area contributed by atoms with E-state index in [2.05, 4.69) is 39.1 Å². The summed E-state index contributed by atoms with van der Waals surface area (Å²) in [5.74, 6) is 0.939. The first-order valence-corrected chi connectivity index (χ1v) is 5.37. The highest BCUT2D eigenvalue weighted by Crippen LogP contribution is 2.15. The molecular formula is C9H14N6O2. The summed E-state index contributed by atoms with van der Waals surface area (Å²) in [5.41, 5.74) is 5.31. The lowest BCUT2D eigenvalue weighted by molar-refractivity contribution is 0.246. The van der Waals surface area contributed by atoms with Crippen LogP contribution in [0.2, 0.25) is 0 Å². The molecular weight excluding hydrogens is 224 g/mol. The number of rotatable bonds is 5. The molecule has 0 radical (unpaired) electrons. The molecule has 2 aromatic rings. The lowest BCUT2D eigenvalue weighted by Crippen LogP contribution is -2.22. The lowest BCUT2D eigenvalue weighted by Gasteiger charge is -2.14. The van der Waals surface area contributed by atoms with Gasteiger partial charge in [0.25, 0.3) is 11.7 Å². The monoisotopic (exact) mass is 238 g/mol. The van der Waals surface area contributed by atoms with Gasteiger partial charge in [0.1, 0.15) is 0 Å². The number of nitrogens with zero attached hydrogens (tertiary/aromatic N) is 5. The zero-order valence-corrected chi connectivity index (χ0v) is 9.75. The minimum Gasteiger partial charge on any atom is -0.400 e. The Morgan fingerprint density at radius 3 is 2.59 bits per heavy atom. The van der Waals surface area contributed by atoms with Crippen LogP contribution in [-0.4, -0.2) is 38.3 Å². The molecule has 0 saturated heterocycles. The van der Waals surface area contributed by atoms with E-state index in [4.69, 9.17) is 14.7 Å². The second-order valence-electron chi connectivity index (χ2n) is 3.42. The topological polar surface area (TPSA) is 107 Å². The third-order valence-electron chi connectivity index (χ3n) is 2.35. The highest BCUT2D eigenvalue weighted by atomic mass is 16.5. The van der Waals surface area contributed by atoms with Gasteiger partial charge in [0.2, 0.25) is 5.89 Å². The van der Waals surface area contributed by atoms with Crippen LogP contribution in [0.1, 0.15) is 19.7 Å². The van der Waals surface area contributed by atoms with Crippen molar-refractivity contribution < 1.29 is 8.94 Å². The minimum absolute atomic E-state index is 0.0184. The predicted molar refractivity (Wildman–Crippen MR) is 58.6 cm³/mol. The van der Waals surface area contributed by atoms with Crippen LogP contribution in [-0.2, 0) is 6.54 Å². The van der Waals surface area contributed by atoms with Gasteiger partial charge in [0.05, 0.1) is 6.54 Å². The molecule has 8 nitrogen and oxygen atoms in total. The van der Waals surface area contributed by atoms with Crippen molar-refractivity contribution in [3.8, 4) is 11.7 Å². The van der Waals surface area contributed by atoms with Crippen molar-refractivity contribution in [3.05, 3.63) is 5.89 Å². The van der Waals surface area contributed by atoms with Gasteiger partial charge in [0.15, 0.2) is 0 Å². The molecule has 0 aliphatic carbocycles. The van der Waals surface area contributed by atoms with E-state index in [1.165, 1.54) is 0 Å². The molecule has 0 fully saturated rings. The molecule has 0 saturated carbocycles. The fourth-order valence-electron chi connectivity index (χ4n) is 1.37. The van der Waals surface area contributed by atoms with Gasteiger partial charge < -0.3 is 14.7 Å². The number of anilines is 1. The number of nitrogen functional groups attached to an aromatic ring is 1. The van der Waals surface area contributed by atoms with Crippen LogP contribution in [0.15, 0.2) is 8.94 Å². The summed E-state index contributed by atoms with van der Waals surface area (Å²) in [4.78, 5) is 6.31. The molecule has 2 heterocycles. The molecule has 0 spiro atoms. The van der Waals surface area contributed by atoms with E-state index in [0.29, 0.717) is 12.4 Å². The zero-order valence-electron chi connectivity index (χ0n) is 9.75. The summed E-state index contributed by atoms with van der Waals surface area (Å²) in [7, 11) is 0. The first kappa shape index (κ1) is 11.5. The highest BCUT2D eigenvalue weighted by molar-refractivity contribution is 5.38. The standard InChI is InChI=1S/C9H14N6O2/c1-3-15(4-2)5-6-11-7(14-17-6)8-12-13-9(10)16-8/h3-5H2,1-2H3,(H2,10,13). The Labute approximate surface area is 97.8 Å². The average Bonchev–Trinajstić information content (AvgIpc) is 2.94. The van der Waals surface area contributed by atoms with Crippen molar-refractivity contribution in [1.82, 2.24) is 25.2 Å². The van der Waals surface area contributed by atoms with E-state index in [-0.39, 0.29) is 17.7 Å². The van der Waals surface area contributed by atoms with Crippen LogP contribution >= 0.6 is 0 Å². The zero-order chi connectivity index (χ0) is 12.3. The van der Waals surface area contributed by atoms with E-state index < -0.39 is 0 Å². The van der Waals surface area contributed by atoms with Gasteiger partial charge in [-0.3, -0.25) is 4.90 Å².